The zero-order valence-electron chi connectivity index (χ0n) is 7.55. The molecule has 0 fully saturated rings. The van der Waals surface area contributed by atoms with Crippen molar-refractivity contribution in [1.82, 2.24) is 4.98 Å². The molecular weight excluding hydrogens is 251 g/mol. The average molecular weight is 259 g/mol. The Morgan fingerprint density at radius 1 is 1.07 bits per heavy atom. The second kappa shape index (κ2) is 5.89. The molecule has 14 heavy (non-hydrogen) atoms. The van der Waals surface area contributed by atoms with Crippen LogP contribution in [0, 0.1) is 6.07 Å². The van der Waals surface area contributed by atoms with Gasteiger partial charge >= 0.3 is 0 Å². The number of pyridine rings is 1. The molecular formula is C11H8NOY-. The van der Waals surface area contributed by atoms with Gasteiger partial charge in [0.05, 0.1) is 0 Å². The van der Waals surface area contributed by atoms with Gasteiger partial charge in [-0.25, -0.2) is 4.98 Å². The van der Waals surface area contributed by atoms with E-state index in [0.29, 0.717) is 11.6 Å². The van der Waals surface area contributed by atoms with Gasteiger partial charge in [0.15, 0.2) is 0 Å². The molecule has 0 spiro atoms. The van der Waals surface area contributed by atoms with E-state index in [1.54, 1.807) is 18.3 Å². The Labute approximate surface area is 108 Å². The molecule has 3 heteroatoms. The maximum absolute atomic E-state index is 5.41. The Balaban J connectivity index is 0.000000980. The third-order valence-electron chi connectivity index (χ3n) is 1.53. The zero-order chi connectivity index (χ0) is 8.93. The smallest absolute Gasteiger partial charge is 0.216 e. The van der Waals surface area contributed by atoms with Crippen LogP contribution in [-0.2, 0) is 32.7 Å². The SMILES string of the molecule is [Y].[c-]1ccccc1Oc1ccccn1. The number of benzene rings is 1. The average Bonchev–Trinajstić information content (AvgIpc) is 2.21. The summed E-state index contributed by atoms with van der Waals surface area (Å²) in [5.41, 5.74) is 0. The van der Waals surface area contributed by atoms with Crippen molar-refractivity contribution in [2.24, 2.45) is 0 Å². The van der Waals surface area contributed by atoms with Crippen LogP contribution in [0.25, 0.3) is 0 Å². The second-order valence-corrected chi connectivity index (χ2v) is 2.50. The number of para-hydroxylation sites is 1. The Hall–Kier alpha value is -0.726. The quantitative estimate of drug-likeness (QED) is 0.773. The normalized spacial score (nSPS) is 8.86. The number of nitrogens with zero attached hydrogens (tertiary/aromatic N) is 1. The van der Waals surface area contributed by atoms with Crippen LogP contribution in [0.15, 0.2) is 48.7 Å². The first kappa shape index (κ1) is 11.3. The Morgan fingerprint density at radius 2 is 1.93 bits per heavy atom. The van der Waals surface area contributed by atoms with E-state index < -0.39 is 0 Å². The molecule has 0 bridgehead atoms. The molecule has 0 N–H and O–H groups in total. The summed E-state index contributed by atoms with van der Waals surface area (Å²) in [5.74, 6) is 1.27. The summed E-state index contributed by atoms with van der Waals surface area (Å²) in [6.45, 7) is 0. The fourth-order valence-corrected chi connectivity index (χ4v) is 0.960. The molecule has 0 aliphatic carbocycles. The van der Waals surface area contributed by atoms with Crippen LogP contribution in [0.5, 0.6) is 11.6 Å². The minimum absolute atomic E-state index is 0. The van der Waals surface area contributed by atoms with Crippen LogP contribution in [0.1, 0.15) is 0 Å². The van der Waals surface area contributed by atoms with E-state index in [9.17, 15) is 0 Å². The standard InChI is InChI=1S/C11H8NO.Y/c1-2-6-10(7-3-1)13-11-8-4-5-9-12-11;/h1-6,8-9H;/q-1;. The van der Waals surface area contributed by atoms with Crippen molar-refractivity contribution in [3.8, 4) is 11.6 Å². The molecule has 0 aliphatic heterocycles. The van der Waals surface area contributed by atoms with Crippen LogP contribution in [0.3, 0.4) is 0 Å². The molecule has 2 rings (SSSR count). The van der Waals surface area contributed by atoms with E-state index in [0.717, 1.165) is 0 Å². The van der Waals surface area contributed by atoms with E-state index in [4.69, 9.17) is 4.74 Å². The van der Waals surface area contributed by atoms with E-state index in [-0.39, 0.29) is 32.7 Å². The van der Waals surface area contributed by atoms with Gasteiger partial charge in [0.25, 0.3) is 0 Å². The van der Waals surface area contributed by atoms with Crippen molar-refractivity contribution in [3.63, 3.8) is 0 Å². The van der Waals surface area contributed by atoms with Crippen molar-refractivity contribution in [1.29, 1.82) is 0 Å². The fourth-order valence-electron chi connectivity index (χ4n) is 0.960. The van der Waals surface area contributed by atoms with Gasteiger partial charge in [0.2, 0.25) is 5.88 Å². The van der Waals surface area contributed by atoms with Crippen molar-refractivity contribution in [3.05, 3.63) is 54.7 Å². The number of rotatable bonds is 2. The van der Waals surface area contributed by atoms with Gasteiger partial charge in [-0.1, -0.05) is 6.07 Å². The predicted octanol–water partition coefficient (Wildman–Crippen LogP) is 2.67. The first-order valence-corrected chi connectivity index (χ1v) is 4.01. The molecule has 1 aromatic carbocycles. The van der Waals surface area contributed by atoms with E-state index in [2.05, 4.69) is 11.1 Å². The van der Waals surface area contributed by atoms with Gasteiger partial charge in [-0.15, -0.1) is 12.1 Å². The molecule has 0 amide bonds. The molecule has 2 aromatic rings. The molecule has 1 heterocycles. The van der Waals surface area contributed by atoms with E-state index in [1.807, 2.05) is 30.3 Å². The number of hydrogen-bond acceptors (Lipinski definition) is 2. The topological polar surface area (TPSA) is 22.1 Å². The Morgan fingerprint density at radius 3 is 2.57 bits per heavy atom. The Kier molecular flexibility index (Phi) is 4.78. The minimum atomic E-state index is 0. The van der Waals surface area contributed by atoms with Crippen LogP contribution in [0.2, 0.25) is 0 Å². The second-order valence-electron chi connectivity index (χ2n) is 2.50. The van der Waals surface area contributed by atoms with E-state index >= 15 is 0 Å². The third kappa shape index (κ3) is 3.20. The van der Waals surface area contributed by atoms with Gasteiger partial charge in [-0.2, -0.15) is 18.2 Å². The molecule has 1 radical (unpaired) electrons. The zero-order valence-corrected chi connectivity index (χ0v) is 10.4. The van der Waals surface area contributed by atoms with Gasteiger partial charge in [-0.05, 0) is 6.07 Å². The number of ether oxygens (including phenoxy) is 1. The van der Waals surface area contributed by atoms with Crippen molar-refractivity contribution in [2.75, 3.05) is 0 Å². The summed E-state index contributed by atoms with van der Waals surface area (Å²) in [4.78, 5) is 4.03. The maximum Gasteiger partial charge on any atom is 0.216 e. The molecule has 0 saturated heterocycles. The summed E-state index contributed by atoms with van der Waals surface area (Å²) < 4.78 is 5.41. The van der Waals surface area contributed by atoms with Gasteiger partial charge < -0.3 is 4.74 Å². The summed E-state index contributed by atoms with van der Waals surface area (Å²) in [5, 5.41) is 0. The van der Waals surface area contributed by atoms with Crippen molar-refractivity contribution < 1.29 is 37.4 Å². The summed E-state index contributed by atoms with van der Waals surface area (Å²) in [7, 11) is 0. The molecule has 2 nitrogen and oxygen atoms in total. The summed E-state index contributed by atoms with van der Waals surface area (Å²) >= 11 is 0. The number of aromatic nitrogens is 1. The summed E-state index contributed by atoms with van der Waals surface area (Å²) in [6.07, 6.45) is 1.69. The molecule has 0 saturated carbocycles. The van der Waals surface area contributed by atoms with E-state index in [1.165, 1.54) is 0 Å². The van der Waals surface area contributed by atoms with Crippen LogP contribution in [0.4, 0.5) is 0 Å². The molecule has 0 unspecified atom stereocenters. The minimum Gasteiger partial charge on any atom is -0.466 e. The first-order valence-electron chi connectivity index (χ1n) is 4.01. The molecule has 1 aromatic heterocycles. The first-order chi connectivity index (χ1) is 6.45. The predicted molar refractivity (Wildman–Crippen MR) is 49.6 cm³/mol. The molecule has 0 aliphatic rings. The van der Waals surface area contributed by atoms with Crippen LogP contribution in [-0.4, -0.2) is 4.98 Å². The van der Waals surface area contributed by atoms with Crippen LogP contribution < -0.4 is 4.74 Å². The Bertz CT molecular complexity index is 326. The van der Waals surface area contributed by atoms with Gasteiger partial charge in [0.1, 0.15) is 0 Å². The van der Waals surface area contributed by atoms with Crippen molar-refractivity contribution in [2.45, 2.75) is 0 Å². The van der Waals surface area contributed by atoms with Crippen molar-refractivity contribution >= 4 is 0 Å². The van der Waals surface area contributed by atoms with Crippen LogP contribution >= 0.6 is 0 Å². The largest absolute Gasteiger partial charge is 0.466 e. The number of hydrogen-bond donors (Lipinski definition) is 0. The van der Waals surface area contributed by atoms with Gasteiger partial charge in [0, 0.05) is 50.7 Å². The molecule has 0 atom stereocenters. The fraction of sp³-hybridized carbons (Fsp3) is 0. The van der Waals surface area contributed by atoms with Gasteiger partial charge in [-0.3, -0.25) is 0 Å². The summed E-state index contributed by atoms with van der Waals surface area (Å²) in [6, 6.07) is 15.9. The monoisotopic (exact) mass is 259 g/mol. The maximum atomic E-state index is 5.41. The molecule has 67 valence electrons. The third-order valence-corrected chi connectivity index (χ3v) is 1.53.